The van der Waals surface area contributed by atoms with Crippen molar-refractivity contribution < 1.29 is 4.79 Å². The summed E-state index contributed by atoms with van der Waals surface area (Å²) in [5.74, 6) is -0.0569. The Bertz CT molecular complexity index is 551. The number of thiophene rings is 1. The summed E-state index contributed by atoms with van der Waals surface area (Å²) in [7, 11) is 1.78. The number of amides is 1. The lowest BCUT2D eigenvalue weighted by Gasteiger charge is -2.17. The van der Waals surface area contributed by atoms with E-state index in [9.17, 15) is 4.79 Å². The van der Waals surface area contributed by atoms with E-state index in [0.717, 1.165) is 5.56 Å². The highest BCUT2D eigenvalue weighted by Gasteiger charge is 2.15. The van der Waals surface area contributed by atoms with Crippen LogP contribution in [0, 0.1) is 6.92 Å². The highest BCUT2D eigenvalue weighted by Crippen LogP contribution is 2.14. The fourth-order valence-electron chi connectivity index (χ4n) is 1.70. The van der Waals surface area contributed by atoms with Gasteiger partial charge in [0.15, 0.2) is 0 Å². The van der Waals surface area contributed by atoms with Crippen LogP contribution >= 0.6 is 11.3 Å². The van der Waals surface area contributed by atoms with Crippen LogP contribution in [-0.4, -0.2) is 22.8 Å². The molecule has 0 aliphatic heterocycles. The van der Waals surface area contributed by atoms with E-state index in [-0.39, 0.29) is 5.91 Å². The van der Waals surface area contributed by atoms with Crippen LogP contribution < -0.4 is 5.73 Å². The van der Waals surface area contributed by atoms with Crippen molar-refractivity contribution in [3.05, 3.63) is 45.9 Å². The quantitative estimate of drug-likeness (QED) is 0.922. The van der Waals surface area contributed by atoms with Gasteiger partial charge in [-0.1, -0.05) is 0 Å². The molecule has 2 rings (SSSR count). The summed E-state index contributed by atoms with van der Waals surface area (Å²) in [5, 5.41) is 4.04. The van der Waals surface area contributed by atoms with Crippen LogP contribution in [0.2, 0.25) is 0 Å². The van der Waals surface area contributed by atoms with E-state index >= 15 is 0 Å². The normalized spacial score (nSPS) is 10.3. The number of hydrogen-bond acceptors (Lipinski definition) is 4. The lowest BCUT2D eigenvalue weighted by Crippen LogP contribution is -2.27. The molecule has 4 nitrogen and oxygen atoms in total. The van der Waals surface area contributed by atoms with Gasteiger partial charge >= 0.3 is 0 Å². The van der Waals surface area contributed by atoms with Crippen LogP contribution in [0.4, 0.5) is 5.69 Å². The molecule has 0 unspecified atom stereocenters. The molecule has 18 heavy (non-hydrogen) atoms. The zero-order valence-corrected chi connectivity index (χ0v) is 11.2. The fourth-order valence-corrected chi connectivity index (χ4v) is 2.36. The molecule has 2 aromatic rings. The Morgan fingerprint density at radius 2 is 2.33 bits per heavy atom. The van der Waals surface area contributed by atoms with Crippen LogP contribution in [0.5, 0.6) is 0 Å². The predicted octanol–water partition coefficient (Wildman–Crippen LogP) is 2.31. The Balaban J connectivity index is 2.17. The maximum atomic E-state index is 12.3. The molecule has 0 radical (unpaired) electrons. The fraction of sp³-hybridized carbons (Fsp3) is 0.231. The highest BCUT2D eigenvalue weighted by atomic mass is 32.1. The van der Waals surface area contributed by atoms with Gasteiger partial charge < -0.3 is 10.6 Å². The van der Waals surface area contributed by atoms with Gasteiger partial charge in [0.1, 0.15) is 0 Å². The van der Waals surface area contributed by atoms with Crippen molar-refractivity contribution in [1.29, 1.82) is 0 Å². The molecular weight excluding hydrogens is 246 g/mol. The van der Waals surface area contributed by atoms with E-state index in [0.29, 0.717) is 23.5 Å². The Labute approximate surface area is 110 Å². The number of carbonyl (C=O) groups is 1. The number of carbonyl (C=O) groups excluding carboxylic acids is 1. The summed E-state index contributed by atoms with van der Waals surface area (Å²) in [6.07, 6.45) is 1.56. The SMILES string of the molecule is Cc1ncc(N)cc1C(=O)N(C)Cc1ccsc1. The van der Waals surface area contributed by atoms with Crippen molar-refractivity contribution in [2.75, 3.05) is 12.8 Å². The van der Waals surface area contributed by atoms with Crippen molar-refractivity contribution in [2.24, 2.45) is 0 Å². The van der Waals surface area contributed by atoms with E-state index in [1.54, 1.807) is 35.5 Å². The molecule has 0 aromatic carbocycles. The smallest absolute Gasteiger partial charge is 0.255 e. The monoisotopic (exact) mass is 261 g/mol. The third-order valence-electron chi connectivity index (χ3n) is 2.69. The average Bonchev–Trinajstić information content (AvgIpc) is 2.84. The number of rotatable bonds is 3. The molecule has 94 valence electrons. The molecule has 0 saturated carbocycles. The van der Waals surface area contributed by atoms with Crippen molar-refractivity contribution in [2.45, 2.75) is 13.5 Å². The Hall–Kier alpha value is -1.88. The van der Waals surface area contributed by atoms with Crippen LogP contribution in [0.3, 0.4) is 0 Å². The second kappa shape index (κ2) is 5.18. The molecule has 2 aromatic heterocycles. The Kier molecular flexibility index (Phi) is 3.62. The predicted molar refractivity (Wildman–Crippen MR) is 73.5 cm³/mol. The number of nitrogen functional groups attached to an aromatic ring is 1. The molecular formula is C13H15N3OS. The Morgan fingerprint density at radius 3 is 3.00 bits per heavy atom. The molecule has 0 atom stereocenters. The minimum atomic E-state index is -0.0569. The van der Waals surface area contributed by atoms with Gasteiger partial charge in [-0.2, -0.15) is 11.3 Å². The van der Waals surface area contributed by atoms with Crippen molar-refractivity contribution in [3.8, 4) is 0 Å². The lowest BCUT2D eigenvalue weighted by molar-refractivity contribution is 0.0784. The molecule has 2 heterocycles. The van der Waals surface area contributed by atoms with Crippen LogP contribution in [-0.2, 0) is 6.54 Å². The van der Waals surface area contributed by atoms with Crippen molar-refractivity contribution >= 4 is 22.9 Å². The Morgan fingerprint density at radius 1 is 1.56 bits per heavy atom. The maximum Gasteiger partial charge on any atom is 0.255 e. The highest BCUT2D eigenvalue weighted by molar-refractivity contribution is 7.07. The summed E-state index contributed by atoms with van der Waals surface area (Å²) in [6.45, 7) is 2.40. The first-order chi connectivity index (χ1) is 8.58. The van der Waals surface area contributed by atoms with Gasteiger partial charge in [0.2, 0.25) is 0 Å². The molecule has 0 bridgehead atoms. The third-order valence-corrected chi connectivity index (χ3v) is 3.42. The topological polar surface area (TPSA) is 59.2 Å². The molecule has 0 fully saturated rings. The van der Waals surface area contributed by atoms with Gasteiger partial charge in [-0.05, 0) is 35.4 Å². The molecule has 0 aliphatic carbocycles. The standard InChI is InChI=1S/C13H15N3OS/c1-9-12(5-11(14)6-15-9)13(17)16(2)7-10-3-4-18-8-10/h3-6,8H,7,14H2,1-2H3. The van der Waals surface area contributed by atoms with E-state index in [1.165, 1.54) is 0 Å². The van der Waals surface area contributed by atoms with Gasteiger partial charge in [-0.3, -0.25) is 9.78 Å². The summed E-state index contributed by atoms with van der Waals surface area (Å²) in [4.78, 5) is 18.1. The van der Waals surface area contributed by atoms with E-state index in [2.05, 4.69) is 4.98 Å². The van der Waals surface area contributed by atoms with E-state index in [4.69, 9.17) is 5.73 Å². The first-order valence-corrected chi connectivity index (χ1v) is 6.51. The summed E-state index contributed by atoms with van der Waals surface area (Å²) in [6, 6.07) is 3.69. The number of nitrogens with zero attached hydrogens (tertiary/aromatic N) is 2. The van der Waals surface area contributed by atoms with Gasteiger partial charge in [-0.25, -0.2) is 0 Å². The minimum absolute atomic E-state index is 0.0569. The second-order valence-electron chi connectivity index (χ2n) is 4.19. The second-order valence-corrected chi connectivity index (χ2v) is 4.97. The first-order valence-electron chi connectivity index (χ1n) is 5.56. The number of hydrogen-bond donors (Lipinski definition) is 1. The van der Waals surface area contributed by atoms with Gasteiger partial charge in [0, 0.05) is 13.6 Å². The number of nitrogens with two attached hydrogens (primary N) is 1. The lowest BCUT2D eigenvalue weighted by atomic mass is 10.1. The van der Waals surface area contributed by atoms with E-state index in [1.807, 2.05) is 23.8 Å². The zero-order valence-electron chi connectivity index (χ0n) is 10.4. The first kappa shape index (κ1) is 12.6. The molecule has 0 aliphatic rings. The van der Waals surface area contributed by atoms with Crippen molar-refractivity contribution in [1.82, 2.24) is 9.88 Å². The summed E-state index contributed by atoms with van der Waals surface area (Å²) in [5.41, 5.74) is 8.57. The van der Waals surface area contributed by atoms with Crippen LogP contribution in [0.25, 0.3) is 0 Å². The summed E-state index contributed by atoms with van der Waals surface area (Å²) >= 11 is 1.62. The van der Waals surface area contributed by atoms with Crippen molar-refractivity contribution in [3.63, 3.8) is 0 Å². The van der Waals surface area contributed by atoms with Crippen LogP contribution in [0.15, 0.2) is 29.1 Å². The average molecular weight is 261 g/mol. The molecule has 2 N–H and O–H groups in total. The minimum Gasteiger partial charge on any atom is -0.397 e. The number of pyridine rings is 1. The maximum absolute atomic E-state index is 12.3. The van der Waals surface area contributed by atoms with Gasteiger partial charge in [0.25, 0.3) is 5.91 Å². The molecule has 5 heteroatoms. The van der Waals surface area contributed by atoms with Gasteiger partial charge in [0.05, 0.1) is 23.1 Å². The largest absolute Gasteiger partial charge is 0.397 e. The number of aromatic nitrogens is 1. The molecule has 0 saturated heterocycles. The summed E-state index contributed by atoms with van der Waals surface area (Å²) < 4.78 is 0. The zero-order chi connectivity index (χ0) is 13.1. The van der Waals surface area contributed by atoms with Gasteiger partial charge in [-0.15, -0.1) is 0 Å². The molecule has 0 spiro atoms. The van der Waals surface area contributed by atoms with Crippen LogP contribution in [0.1, 0.15) is 21.6 Å². The third kappa shape index (κ3) is 2.68. The molecule has 1 amide bonds. The van der Waals surface area contributed by atoms with E-state index < -0.39 is 0 Å². The number of aryl methyl sites for hydroxylation is 1. The number of anilines is 1.